The van der Waals surface area contributed by atoms with Gasteiger partial charge >= 0.3 is 0 Å². The van der Waals surface area contributed by atoms with Crippen LogP contribution in [0.15, 0.2) is 106 Å². The zero-order chi connectivity index (χ0) is 33.1. The van der Waals surface area contributed by atoms with Crippen LogP contribution in [-0.2, 0) is 11.4 Å². The van der Waals surface area contributed by atoms with Crippen LogP contribution in [0.2, 0.25) is 0 Å². The van der Waals surface area contributed by atoms with Gasteiger partial charge in [-0.15, -0.1) is 0 Å². The van der Waals surface area contributed by atoms with Crippen molar-refractivity contribution < 1.29 is 19.0 Å². The first-order valence-corrected chi connectivity index (χ1v) is 16.4. The van der Waals surface area contributed by atoms with Gasteiger partial charge < -0.3 is 19.1 Å². The highest BCUT2D eigenvalue weighted by Gasteiger charge is 2.36. The number of fused-ring (bicyclic) bond motifs is 2. The fourth-order valence-electron chi connectivity index (χ4n) is 6.01. The molecule has 8 nitrogen and oxygen atoms in total. The predicted molar refractivity (Wildman–Crippen MR) is 186 cm³/mol. The number of benzene rings is 4. The molecule has 9 heteroatoms. The van der Waals surface area contributed by atoms with E-state index in [1.165, 1.54) is 22.1 Å². The molecule has 4 aromatic carbocycles. The molecule has 0 unspecified atom stereocenters. The Kier molecular flexibility index (Phi) is 9.26. The van der Waals surface area contributed by atoms with Gasteiger partial charge in [0, 0.05) is 18.7 Å². The number of methoxy groups -OCH3 is 2. The van der Waals surface area contributed by atoms with Gasteiger partial charge in [-0.25, -0.2) is 4.99 Å². The lowest BCUT2D eigenvalue weighted by atomic mass is 9.93. The lowest BCUT2D eigenvalue weighted by Crippen LogP contribution is -2.43. The molecular weight excluding hydrogens is 611 g/mol. The normalized spacial score (nSPS) is 14.5. The summed E-state index contributed by atoms with van der Waals surface area (Å²) in [5.74, 6) is 1.70. The van der Waals surface area contributed by atoms with E-state index in [0.717, 1.165) is 16.9 Å². The van der Waals surface area contributed by atoms with Crippen LogP contribution in [0.1, 0.15) is 43.5 Å². The van der Waals surface area contributed by atoms with Crippen LogP contribution < -0.4 is 29.1 Å². The van der Waals surface area contributed by atoms with Crippen molar-refractivity contribution in [3.8, 4) is 17.2 Å². The number of thiazole rings is 1. The minimum Gasteiger partial charge on any atom is -0.497 e. The molecule has 1 aliphatic rings. The Labute approximate surface area is 277 Å². The number of carbonyl (C=O) groups excluding carboxylic acids is 1. The molecule has 0 bridgehead atoms. The van der Waals surface area contributed by atoms with Crippen LogP contribution in [0.5, 0.6) is 17.2 Å². The number of hydrogen-bond acceptors (Lipinski definition) is 7. The van der Waals surface area contributed by atoms with Crippen LogP contribution in [0.3, 0.4) is 0 Å². The molecule has 1 aliphatic heterocycles. The van der Waals surface area contributed by atoms with Gasteiger partial charge in [0.25, 0.3) is 11.5 Å². The maximum atomic E-state index is 14.2. The van der Waals surface area contributed by atoms with Crippen molar-refractivity contribution >= 4 is 34.1 Å². The van der Waals surface area contributed by atoms with Crippen molar-refractivity contribution in [3.63, 3.8) is 0 Å². The van der Waals surface area contributed by atoms with Gasteiger partial charge in [0.1, 0.15) is 29.9 Å². The lowest BCUT2D eigenvalue weighted by Gasteiger charge is -2.30. The van der Waals surface area contributed by atoms with Crippen molar-refractivity contribution in [2.24, 2.45) is 4.99 Å². The first-order valence-electron chi connectivity index (χ1n) is 15.6. The highest BCUT2D eigenvalue weighted by Crippen LogP contribution is 2.38. The number of allylic oxidation sites excluding steroid dienone is 1. The molecule has 1 amide bonds. The molecule has 0 N–H and O–H groups in total. The summed E-state index contributed by atoms with van der Waals surface area (Å²) in [4.78, 5) is 35.2. The summed E-state index contributed by atoms with van der Waals surface area (Å²) in [5.41, 5.74) is 3.38. The SMILES string of the molecule is CCN(CC)C(=O)C1=C(C)N=c2s/c(=C/c3ccc(OCc4cccc5ccccc45)cc3)c(=O)n2[C@@H]1c1cc(OC)ccc1OC. The number of aromatic nitrogens is 1. The quantitative estimate of drug-likeness (QED) is 0.190. The molecule has 0 saturated carbocycles. The molecule has 0 fully saturated rings. The monoisotopic (exact) mass is 647 g/mol. The Morgan fingerprint density at radius 2 is 1.66 bits per heavy atom. The fraction of sp³-hybridized carbons (Fsp3) is 0.237. The molecule has 1 atom stereocenters. The molecule has 0 spiro atoms. The highest BCUT2D eigenvalue weighted by atomic mass is 32.1. The van der Waals surface area contributed by atoms with E-state index in [9.17, 15) is 9.59 Å². The van der Waals surface area contributed by atoms with Crippen molar-refractivity contribution in [2.75, 3.05) is 27.3 Å². The van der Waals surface area contributed by atoms with E-state index in [1.807, 2.05) is 75.4 Å². The van der Waals surface area contributed by atoms with E-state index in [4.69, 9.17) is 19.2 Å². The molecule has 0 radical (unpaired) electrons. The van der Waals surface area contributed by atoms with E-state index in [-0.39, 0.29) is 11.5 Å². The summed E-state index contributed by atoms with van der Waals surface area (Å²) >= 11 is 1.29. The summed E-state index contributed by atoms with van der Waals surface area (Å²) < 4.78 is 19.5. The smallest absolute Gasteiger partial charge is 0.271 e. The summed E-state index contributed by atoms with van der Waals surface area (Å²) in [6, 6.07) is 26.8. The summed E-state index contributed by atoms with van der Waals surface area (Å²) in [6.45, 7) is 7.20. The number of nitrogens with zero attached hydrogens (tertiary/aromatic N) is 3. The van der Waals surface area contributed by atoms with Crippen LogP contribution >= 0.6 is 11.3 Å². The second-order valence-electron chi connectivity index (χ2n) is 11.2. The molecule has 47 heavy (non-hydrogen) atoms. The number of hydrogen-bond donors (Lipinski definition) is 0. The average molecular weight is 648 g/mol. The minimum absolute atomic E-state index is 0.167. The van der Waals surface area contributed by atoms with Crippen LogP contribution in [0, 0.1) is 0 Å². The minimum atomic E-state index is -0.753. The number of ether oxygens (including phenoxy) is 3. The van der Waals surface area contributed by atoms with Gasteiger partial charge in [0.05, 0.1) is 30.0 Å². The van der Waals surface area contributed by atoms with Gasteiger partial charge in [-0.1, -0.05) is 65.9 Å². The maximum Gasteiger partial charge on any atom is 0.271 e. The Morgan fingerprint density at radius 3 is 2.38 bits per heavy atom. The van der Waals surface area contributed by atoms with Crippen LogP contribution in [0.4, 0.5) is 0 Å². The van der Waals surface area contributed by atoms with Gasteiger partial charge in [-0.3, -0.25) is 14.2 Å². The number of amides is 1. The lowest BCUT2D eigenvalue weighted by molar-refractivity contribution is -0.127. The van der Waals surface area contributed by atoms with Gasteiger partial charge in [-0.2, -0.15) is 0 Å². The summed E-state index contributed by atoms with van der Waals surface area (Å²) in [5, 5.41) is 2.35. The zero-order valence-corrected chi connectivity index (χ0v) is 28.0. The standard InChI is InChI=1S/C38H37N3O5S/c1-6-40(7-2)37(43)34-24(3)39-38-41(35(34)31-22-29(44-4)19-20-32(31)45-5)36(42)33(47-38)21-25-15-17-28(18-16-25)46-23-27-13-10-12-26-11-8-9-14-30(26)27/h8-22,35H,6-7,23H2,1-5H3/b33-21+/t35-/m1/s1. The predicted octanol–water partition coefficient (Wildman–Crippen LogP) is 5.85. The first kappa shape index (κ1) is 31.8. The molecule has 6 rings (SSSR count). The molecular formula is C38H37N3O5S. The second kappa shape index (κ2) is 13.7. The molecule has 5 aromatic rings. The van der Waals surface area contributed by atoms with Crippen LogP contribution in [-0.4, -0.2) is 42.7 Å². The Morgan fingerprint density at radius 1 is 0.936 bits per heavy atom. The second-order valence-corrected chi connectivity index (χ2v) is 12.2. The van der Waals surface area contributed by atoms with E-state index in [2.05, 4.69) is 24.3 Å². The molecule has 2 heterocycles. The number of likely N-dealkylation sites (N-methyl/N-ethyl adjacent to an activating group) is 1. The Balaban J connectivity index is 1.37. The molecule has 0 aliphatic carbocycles. The largest absolute Gasteiger partial charge is 0.497 e. The zero-order valence-electron chi connectivity index (χ0n) is 27.2. The summed E-state index contributed by atoms with van der Waals surface area (Å²) in [6.07, 6.45) is 1.85. The molecule has 0 saturated heterocycles. The Hall–Kier alpha value is -5.15. The third-order valence-corrected chi connectivity index (χ3v) is 9.47. The van der Waals surface area contributed by atoms with Crippen molar-refractivity contribution in [1.82, 2.24) is 9.47 Å². The van der Waals surface area contributed by atoms with Gasteiger partial charge in [-0.05, 0) is 79.1 Å². The number of rotatable bonds is 10. The third-order valence-electron chi connectivity index (χ3n) is 8.49. The summed E-state index contributed by atoms with van der Waals surface area (Å²) in [7, 11) is 3.16. The Bertz CT molecular complexity index is 2160. The van der Waals surface area contributed by atoms with Crippen molar-refractivity contribution in [3.05, 3.63) is 133 Å². The van der Waals surface area contributed by atoms with Crippen molar-refractivity contribution in [2.45, 2.75) is 33.4 Å². The molecule has 1 aromatic heterocycles. The van der Waals surface area contributed by atoms with Crippen LogP contribution in [0.25, 0.3) is 16.8 Å². The number of carbonyl (C=O) groups is 1. The molecule has 240 valence electrons. The maximum absolute atomic E-state index is 14.2. The third kappa shape index (κ3) is 6.18. The van der Waals surface area contributed by atoms with E-state index in [1.54, 1.807) is 35.8 Å². The first-order chi connectivity index (χ1) is 22.9. The fourth-order valence-corrected chi connectivity index (χ4v) is 7.06. The topological polar surface area (TPSA) is 82.4 Å². The van der Waals surface area contributed by atoms with E-state index >= 15 is 0 Å². The van der Waals surface area contributed by atoms with E-state index in [0.29, 0.717) is 57.4 Å². The van der Waals surface area contributed by atoms with E-state index < -0.39 is 6.04 Å². The van der Waals surface area contributed by atoms with Gasteiger partial charge in [0.15, 0.2) is 4.80 Å². The highest BCUT2D eigenvalue weighted by molar-refractivity contribution is 7.07. The van der Waals surface area contributed by atoms with Gasteiger partial charge in [0.2, 0.25) is 0 Å². The van der Waals surface area contributed by atoms with Crippen molar-refractivity contribution in [1.29, 1.82) is 0 Å². The average Bonchev–Trinajstić information content (AvgIpc) is 3.40.